The molecule has 0 aliphatic rings. The molecule has 0 unspecified atom stereocenters. The van der Waals surface area contributed by atoms with Crippen LogP contribution in [0.15, 0.2) is 48.5 Å². The molecule has 0 saturated carbocycles. The minimum absolute atomic E-state index is 0.0558. The first-order chi connectivity index (χ1) is 10.2. The second-order valence-corrected chi connectivity index (χ2v) is 4.29. The molecular formula is C17H14FNO2. The van der Waals surface area contributed by atoms with Gasteiger partial charge in [0.15, 0.2) is 0 Å². The number of carbonyl (C=O) groups excluding carboxylic acids is 1. The van der Waals surface area contributed by atoms with Crippen molar-refractivity contribution in [1.82, 2.24) is 0 Å². The summed E-state index contributed by atoms with van der Waals surface area (Å²) in [6.07, 6.45) is 0.303. The van der Waals surface area contributed by atoms with Crippen LogP contribution in [0, 0.1) is 17.7 Å². The number of rotatable bonds is 3. The summed E-state index contributed by atoms with van der Waals surface area (Å²) < 4.78 is 13.4. The molecule has 0 aromatic heterocycles. The average Bonchev–Trinajstić information content (AvgIpc) is 2.50. The summed E-state index contributed by atoms with van der Waals surface area (Å²) >= 11 is 0. The van der Waals surface area contributed by atoms with Crippen molar-refractivity contribution in [1.29, 1.82) is 0 Å². The molecule has 2 aromatic rings. The van der Waals surface area contributed by atoms with Crippen LogP contribution in [0.3, 0.4) is 0 Å². The molecule has 2 N–H and O–H groups in total. The van der Waals surface area contributed by atoms with Gasteiger partial charge in [-0.15, -0.1) is 0 Å². The smallest absolute Gasteiger partial charge is 0.257 e. The molecule has 0 aliphatic heterocycles. The Balaban J connectivity index is 2.27. The van der Waals surface area contributed by atoms with Gasteiger partial charge in [0.05, 0.1) is 12.2 Å². The molecule has 2 aromatic carbocycles. The standard InChI is InChI=1S/C17H14FNO2/c18-14-10-9-13(6-4-5-11-20)16(12-14)17(21)19-15-7-2-1-3-8-15/h1-3,7-10,12,20H,5,11H2,(H,19,21). The number of para-hydroxylation sites is 1. The van der Waals surface area contributed by atoms with Gasteiger partial charge < -0.3 is 10.4 Å². The predicted molar refractivity (Wildman–Crippen MR) is 79.4 cm³/mol. The molecule has 0 atom stereocenters. The van der Waals surface area contributed by atoms with Gasteiger partial charge in [0.25, 0.3) is 5.91 Å². The van der Waals surface area contributed by atoms with Crippen molar-refractivity contribution in [2.24, 2.45) is 0 Å². The summed E-state index contributed by atoms with van der Waals surface area (Å²) in [5.74, 6) is 4.58. The van der Waals surface area contributed by atoms with E-state index in [1.165, 1.54) is 12.1 Å². The van der Waals surface area contributed by atoms with E-state index >= 15 is 0 Å². The molecule has 0 bridgehead atoms. The second-order valence-electron chi connectivity index (χ2n) is 4.29. The van der Waals surface area contributed by atoms with Crippen molar-refractivity contribution >= 4 is 11.6 Å². The summed E-state index contributed by atoms with van der Waals surface area (Å²) in [6.45, 7) is -0.0558. The van der Waals surface area contributed by atoms with E-state index in [0.717, 1.165) is 6.07 Å². The van der Waals surface area contributed by atoms with Gasteiger partial charge in [0, 0.05) is 17.7 Å². The van der Waals surface area contributed by atoms with E-state index in [1.54, 1.807) is 24.3 Å². The third kappa shape index (κ3) is 4.16. The molecule has 106 valence electrons. The lowest BCUT2D eigenvalue weighted by atomic mass is 10.1. The number of hydrogen-bond acceptors (Lipinski definition) is 2. The maximum Gasteiger partial charge on any atom is 0.257 e. The SMILES string of the molecule is O=C(Nc1ccccc1)c1cc(F)ccc1C#CCCO. The lowest BCUT2D eigenvalue weighted by Crippen LogP contribution is -2.13. The van der Waals surface area contributed by atoms with Crippen molar-refractivity contribution < 1.29 is 14.3 Å². The van der Waals surface area contributed by atoms with Crippen LogP contribution in [0.4, 0.5) is 10.1 Å². The van der Waals surface area contributed by atoms with Gasteiger partial charge >= 0.3 is 0 Å². The van der Waals surface area contributed by atoms with Gasteiger partial charge in [-0.3, -0.25) is 4.79 Å². The van der Waals surface area contributed by atoms with Crippen molar-refractivity contribution in [3.05, 3.63) is 65.5 Å². The Bertz CT molecular complexity index is 687. The lowest BCUT2D eigenvalue weighted by Gasteiger charge is -2.07. The largest absolute Gasteiger partial charge is 0.395 e. The first kappa shape index (κ1) is 14.8. The number of aliphatic hydroxyl groups is 1. The first-order valence-corrected chi connectivity index (χ1v) is 6.46. The summed E-state index contributed by atoms with van der Waals surface area (Å²) in [5, 5.41) is 11.4. The molecule has 0 radical (unpaired) electrons. The zero-order valence-electron chi connectivity index (χ0n) is 11.3. The van der Waals surface area contributed by atoms with Gasteiger partial charge in [-0.05, 0) is 30.3 Å². The first-order valence-electron chi connectivity index (χ1n) is 6.46. The quantitative estimate of drug-likeness (QED) is 0.851. The molecule has 0 heterocycles. The molecule has 2 rings (SSSR count). The van der Waals surface area contributed by atoms with E-state index in [1.807, 2.05) is 6.07 Å². The maximum atomic E-state index is 13.4. The third-order valence-corrected chi connectivity index (χ3v) is 2.72. The molecule has 21 heavy (non-hydrogen) atoms. The van der Waals surface area contributed by atoms with Gasteiger partial charge in [-0.1, -0.05) is 30.0 Å². The fourth-order valence-corrected chi connectivity index (χ4v) is 1.75. The molecule has 0 aliphatic carbocycles. The van der Waals surface area contributed by atoms with E-state index < -0.39 is 11.7 Å². The third-order valence-electron chi connectivity index (χ3n) is 2.72. The number of aliphatic hydroxyl groups excluding tert-OH is 1. The number of halogens is 1. The number of hydrogen-bond donors (Lipinski definition) is 2. The number of benzene rings is 2. The normalized spacial score (nSPS) is 9.62. The Morgan fingerprint density at radius 2 is 1.95 bits per heavy atom. The summed E-state index contributed by atoms with van der Waals surface area (Å²) in [6, 6.07) is 12.8. The van der Waals surface area contributed by atoms with Gasteiger partial charge in [0.1, 0.15) is 5.82 Å². The molecule has 3 nitrogen and oxygen atoms in total. The zero-order chi connectivity index (χ0) is 15.1. The Labute approximate surface area is 122 Å². The second kappa shape index (κ2) is 7.22. The van der Waals surface area contributed by atoms with Crippen LogP contribution >= 0.6 is 0 Å². The van der Waals surface area contributed by atoms with Gasteiger partial charge in [-0.25, -0.2) is 4.39 Å². The van der Waals surface area contributed by atoms with E-state index in [0.29, 0.717) is 17.7 Å². The van der Waals surface area contributed by atoms with Gasteiger partial charge in [-0.2, -0.15) is 0 Å². The number of amides is 1. The van der Waals surface area contributed by atoms with Crippen molar-refractivity contribution in [2.75, 3.05) is 11.9 Å². The maximum absolute atomic E-state index is 13.4. The van der Waals surface area contributed by atoms with Crippen molar-refractivity contribution in [2.45, 2.75) is 6.42 Å². The van der Waals surface area contributed by atoms with Gasteiger partial charge in [0.2, 0.25) is 0 Å². The molecular weight excluding hydrogens is 269 g/mol. The fraction of sp³-hybridized carbons (Fsp3) is 0.118. The number of anilines is 1. The molecule has 1 amide bonds. The highest BCUT2D eigenvalue weighted by Crippen LogP contribution is 2.14. The van der Waals surface area contributed by atoms with E-state index in [-0.39, 0.29) is 12.2 Å². The molecule has 0 spiro atoms. The van der Waals surface area contributed by atoms with E-state index in [9.17, 15) is 9.18 Å². The zero-order valence-corrected chi connectivity index (χ0v) is 11.3. The van der Waals surface area contributed by atoms with E-state index in [2.05, 4.69) is 17.2 Å². The minimum atomic E-state index is -0.499. The summed E-state index contributed by atoms with van der Waals surface area (Å²) in [7, 11) is 0. The summed E-state index contributed by atoms with van der Waals surface area (Å²) in [5.41, 5.74) is 1.23. The van der Waals surface area contributed by atoms with E-state index in [4.69, 9.17) is 5.11 Å². The highest BCUT2D eigenvalue weighted by atomic mass is 19.1. The average molecular weight is 283 g/mol. The van der Waals surface area contributed by atoms with Crippen LogP contribution in [0.5, 0.6) is 0 Å². The van der Waals surface area contributed by atoms with Crippen LogP contribution in [0.25, 0.3) is 0 Å². The number of carbonyl (C=O) groups is 1. The topological polar surface area (TPSA) is 49.3 Å². The Morgan fingerprint density at radius 3 is 2.67 bits per heavy atom. The van der Waals surface area contributed by atoms with Crippen LogP contribution < -0.4 is 5.32 Å². The monoisotopic (exact) mass is 283 g/mol. The Hall–Kier alpha value is -2.64. The van der Waals surface area contributed by atoms with Crippen molar-refractivity contribution in [3.63, 3.8) is 0 Å². The molecule has 0 fully saturated rings. The Morgan fingerprint density at radius 1 is 1.19 bits per heavy atom. The highest BCUT2D eigenvalue weighted by Gasteiger charge is 2.11. The van der Waals surface area contributed by atoms with Crippen LogP contribution in [0.1, 0.15) is 22.3 Å². The highest BCUT2D eigenvalue weighted by molar-refractivity contribution is 6.06. The lowest BCUT2D eigenvalue weighted by molar-refractivity contribution is 0.102. The fourth-order valence-electron chi connectivity index (χ4n) is 1.75. The van der Waals surface area contributed by atoms with Crippen LogP contribution in [-0.2, 0) is 0 Å². The summed E-state index contributed by atoms with van der Waals surface area (Å²) in [4.78, 5) is 12.2. The Kier molecular flexibility index (Phi) is 5.08. The predicted octanol–water partition coefficient (Wildman–Crippen LogP) is 2.81. The van der Waals surface area contributed by atoms with Crippen LogP contribution in [-0.4, -0.2) is 17.6 Å². The number of nitrogens with one attached hydrogen (secondary N) is 1. The molecule has 4 heteroatoms. The van der Waals surface area contributed by atoms with Crippen LogP contribution in [0.2, 0.25) is 0 Å². The molecule has 0 saturated heterocycles. The van der Waals surface area contributed by atoms with Crippen molar-refractivity contribution in [3.8, 4) is 11.8 Å². The minimum Gasteiger partial charge on any atom is -0.395 e.